The fourth-order valence-electron chi connectivity index (χ4n) is 1.05. The summed E-state index contributed by atoms with van der Waals surface area (Å²) in [5.74, 6) is 0.212. The summed E-state index contributed by atoms with van der Waals surface area (Å²) in [6, 6.07) is 3.48. The van der Waals surface area contributed by atoms with Gasteiger partial charge < -0.3 is 10.5 Å². The summed E-state index contributed by atoms with van der Waals surface area (Å²) in [4.78, 5) is 15.2. The molecule has 2 N–H and O–H groups in total. The van der Waals surface area contributed by atoms with Crippen molar-refractivity contribution in [2.45, 2.75) is 26.9 Å². The number of carbonyl (C=O) groups is 1. The minimum absolute atomic E-state index is 0.0517. The fraction of sp³-hybridized carbons (Fsp3) is 0.455. The third-order valence-corrected chi connectivity index (χ3v) is 2.24. The van der Waals surface area contributed by atoms with E-state index in [4.69, 9.17) is 10.5 Å². The van der Waals surface area contributed by atoms with Crippen molar-refractivity contribution in [3.63, 3.8) is 0 Å². The number of aromatic nitrogens is 1. The molecule has 1 unspecified atom stereocenters. The number of nitrogens with two attached hydrogens (primary N) is 1. The largest absolute Gasteiger partial charge is 0.461 e. The van der Waals surface area contributed by atoms with Crippen molar-refractivity contribution in [3.05, 3.63) is 23.9 Å². The van der Waals surface area contributed by atoms with Gasteiger partial charge in [-0.15, -0.1) is 0 Å². The van der Waals surface area contributed by atoms with Crippen molar-refractivity contribution >= 4 is 11.8 Å². The van der Waals surface area contributed by atoms with Crippen LogP contribution in [0.1, 0.15) is 25.8 Å². The van der Waals surface area contributed by atoms with E-state index in [2.05, 4.69) is 4.98 Å². The number of hydrogen-bond donors (Lipinski definition) is 1. The summed E-state index contributed by atoms with van der Waals surface area (Å²) in [6.07, 6.45) is 2.39. The van der Waals surface area contributed by atoms with Gasteiger partial charge in [0.1, 0.15) is 12.4 Å². The van der Waals surface area contributed by atoms with Gasteiger partial charge in [0.05, 0.1) is 5.92 Å². The van der Waals surface area contributed by atoms with Gasteiger partial charge in [-0.05, 0) is 24.1 Å². The topological polar surface area (TPSA) is 65.2 Å². The van der Waals surface area contributed by atoms with Gasteiger partial charge in [-0.1, -0.05) is 13.8 Å². The van der Waals surface area contributed by atoms with Crippen LogP contribution in [-0.2, 0) is 16.1 Å². The third kappa shape index (κ3) is 3.58. The van der Waals surface area contributed by atoms with Crippen molar-refractivity contribution in [1.82, 2.24) is 4.98 Å². The Hall–Kier alpha value is -1.58. The van der Waals surface area contributed by atoms with Crippen LogP contribution in [-0.4, -0.2) is 11.0 Å². The molecule has 4 nitrogen and oxygen atoms in total. The van der Waals surface area contributed by atoms with Gasteiger partial charge in [-0.3, -0.25) is 4.79 Å². The molecule has 1 aromatic heterocycles. The van der Waals surface area contributed by atoms with Gasteiger partial charge in [-0.25, -0.2) is 4.98 Å². The molecular weight excluding hydrogens is 192 g/mol. The van der Waals surface area contributed by atoms with Crippen LogP contribution in [0.2, 0.25) is 0 Å². The molecule has 0 aliphatic heterocycles. The molecule has 0 spiro atoms. The van der Waals surface area contributed by atoms with E-state index in [1.165, 1.54) is 0 Å². The standard InChI is InChI=1S/C11H16N2O2/c1-3-8(2)11(14)15-7-9-4-5-13-10(12)6-9/h4-6,8H,3,7H2,1-2H3,(H2,12,13). The van der Waals surface area contributed by atoms with Crippen LogP contribution in [0.5, 0.6) is 0 Å². The first kappa shape index (κ1) is 11.5. The molecule has 0 saturated heterocycles. The average Bonchev–Trinajstić information content (AvgIpc) is 2.25. The van der Waals surface area contributed by atoms with Crippen LogP contribution in [0.25, 0.3) is 0 Å². The van der Waals surface area contributed by atoms with Gasteiger partial charge in [-0.2, -0.15) is 0 Å². The molecule has 0 aliphatic rings. The summed E-state index contributed by atoms with van der Waals surface area (Å²) >= 11 is 0. The summed E-state index contributed by atoms with van der Waals surface area (Å²) in [6.45, 7) is 4.06. The van der Waals surface area contributed by atoms with Gasteiger partial charge in [0.15, 0.2) is 0 Å². The highest BCUT2D eigenvalue weighted by atomic mass is 16.5. The van der Waals surface area contributed by atoms with E-state index in [1.807, 2.05) is 13.8 Å². The highest BCUT2D eigenvalue weighted by Gasteiger charge is 2.11. The zero-order chi connectivity index (χ0) is 11.3. The highest BCUT2D eigenvalue weighted by Crippen LogP contribution is 2.08. The van der Waals surface area contributed by atoms with Crippen LogP contribution in [0.4, 0.5) is 5.82 Å². The molecule has 1 atom stereocenters. The predicted octanol–water partition coefficient (Wildman–Crippen LogP) is 1.75. The van der Waals surface area contributed by atoms with Gasteiger partial charge in [0.2, 0.25) is 0 Å². The van der Waals surface area contributed by atoms with Crippen LogP contribution < -0.4 is 5.73 Å². The molecule has 0 saturated carbocycles. The molecular formula is C11H16N2O2. The van der Waals surface area contributed by atoms with Crippen LogP contribution in [0, 0.1) is 5.92 Å². The van der Waals surface area contributed by atoms with E-state index in [1.54, 1.807) is 18.3 Å². The van der Waals surface area contributed by atoms with Gasteiger partial charge in [0.25, 0.3) is 0 Å². The predicted molar refractivity (Wildman–Crippen MR) is 57.9 cm³/mol. The number of anilines is 1. The molecule has 4 heteroatoms. The molecule has 1 heterocycles. The summed E-state index contributed by atoms with van der Waals surface area (Å²) in [7, 11) is 0. The second kappa shape index (κ2) is 5.34. The molecule has 15 heavy (non-hydrogen) atoms. The van der Waals surface area contributed by atoms with E-state index >= 15 is 0 Å². The second-order valence-electron chi connectivity index (χ2n) is 3.51. The number of esters is 1. The zero-order valence-electron chi connectivity index (χ0n) is 9.06. The summed E-state index contributed by atoms with van der Waals surface area (Å²) in [5, 5.41) is 0. The van der Waals surface area contributed by atoms with Gasteiger partial charge in [0, 0.05) is 6.20 Å². The Labute approximate surface area is 89.5 Å². The smallest absolute Gasteiger partial charge is 0.308 e. The number of pyridine rings is 1. The molecule has 0 fully saturated rings. The summed E-state index contributed by atoms with van der Waals surface area (Å²) in [5.41, 5.74) is 6.36. The van der Waals surface area contributed by atoms with Crippen LogP contribution in [0.3, 0.4) is 0 Å². The Kier molecular flexibility index (Phi) is 4.09. The lowest BCUT2D eigenvalue weighted by molar-refractivity contribution is -0.149. The quantitative estimate of drug-likeness (QED) is 0.765. The van der Waals surface area contributed by atoms with E-state index in [9.17, 15) is 4.79 Å². The molecule has 0 amide bonds. The normalized spacial score (nSPS) is 12.1. The Balaban J connectivity index is 2.47. The first-order chi connectivity index (χ1) is 7.13. The first-order valence-electron chi connectivity index (χ1n) is 5.00. The molecule has 0 radical (unpaired) electrons. The zero-order valence-corrected chi connectivity index (χ0v) is 9.06. The van der Waals surface area contributed by atoms with Crippen molar-refractivity contribution in [3.8, 4) is 0 Å². The molecule has 0 aliphatic carbocycles. The molecule has 82 valence electrons. The van der Waals surface area contributed by atoms with Crippen LogP contribution >= 0.6 is 0 Å². The maximum absolute atomic E-state index is 11.4. The Morgan fingerprint density at radius 1 is 1.67 bits per heavy atom. The minimum Gasteiger partial charge on any atom is -0.461 e. The number of hydrogen-bond acceptors (Lipinski definition) is 4. The number of carbonyl (C=O) groups excluding carboxylic acids is 1. The summed E-state index contributed by atoms with van der Waals surface area (Å²) < 4.78 is 5.11. The number of ether oxygens (including phenoxy) is 1. The number of rotatable bonds is 4. The average molecular weight is 208 g/mol. The van der Waals surface area contributed by atoms with E-state index < -0.39 is 0 Å². The molecule has 1 rings (SSSR count). The third-order valence-electron chi connectivity index (χ3n) is 2.24. The Bertz CT molecular complexity index is 339. The first-order valence-corrected chi connectivity index (χ1v) is 5.00. The second-order valence-corrected chi connectivity index (χ2v) is 3.51. The van der Waals surface area contributed by atoms with Gasteiger partial charge >= 0.3 is 5.97 Å². The lowest BCUT2D eigenvalue weighted by atomic mass is 10.1. The SMILES string of the molecule is CCC(C)C(=O)OCc1ccnc(N)c1. The Morgan fingerprint density at radius 2 is 2.40 bits per heavy atom. The van der Waals surface area contributed by atoms with Crippen LogP contribution in [0.15, 0.2) is 18.3 Å². The lowest BCUT2D eigenvalue weighted by Crippen LogP contribution is -2.13. The maximum Gasteiger partial charge on any atom is 0.308 e. The molecule has 0 bridgehead atoms. The molecule has 0 aromatic carbocycles. The number of nitrogen functional groups attached to an aromatic ring is 1. The fourth-order valence-corrected chi connectivity index (χ4v) is 1.05. The molecule has 1 aromatic rings. The van der Waals surface area contributed by atoms with Crippen molar-refractivity contribution < 1.29 is 9.53 Å². The lowest BCUT2D eigenvalue weighted by Gasteiger charge is -2.09. The van der Waals surface area contributed by atoms with E-state index in [0.29, 0.717) is 5.82 Å². The Morgan fingerprint density at radius 3 is 3.00 bits per heavy atom. The van der Waals surface area contributed by atoms with E-state index in [-0.39, 0.29) is 18.5 Å². The number of nitrogens with zero attached hydrogens (tertiary/aromatic N) is 1. The van der Waals surface area contributed by atoms with Crippen molar-refractivity contribution in [2.24, 2.45) is 5.92 Å². The van der Waals surface area contributed by atoms with Crippen molar-refractivity contribution in [1.29, 1.82) is 0 Å². The van der Waals surface area contributed by atoms with Crippen molar-refractivity contribution in [2.75, 3.05) is 5.73 Å². The maximum atomic E-state index is 11.4. The highest BCUT2D eigenvalue weighted by molar-refractivity contribution is 5.71. The monoisotopic (exact) mass is 208 g/mol. The minimum atomic E-state index is -0.173. The van der Waals surface area contributed by atoms with E-state index in [0.717, 1.165) is 12.0 Å².